The van der Waals surface area contributed by atoms with Gasteiger partial charge in [0.15, 0.2) is 0 Å². The minimum Gasteiger partial charge on any atom is -0.497 e. The van der Waals surface area contributed by atoms with Crippen molar-refractivity contribution in [2.75, 3.05) is 14.2 Å². The Bertz CT molecular complexity index is 1260. The molecule has 7 nitrogen and oxygen atoms in total. The van der Waals surface area contributed by atoms with Crippen LogP contribution in [0.15, 0.2) is 55.2 Å². The highest BCUT2D eigenvalue weighted by atomic mass is 35.5. The highest BCUT2D eigenvalue weighted by Crippen LogP contribution is 2.32. The quantitative estimate of drug-likeness (QED) is 0.299. The van der Waals surface area contributed by atoms with Gasteiger partial charge in [0.2, 0.25) is 5.89 Å². The van der Waals surface area contributed by atoms with Crippen LogP contribution in [0.1, 0.15) is 11.1 Å². The lowest BCUT2D eigenvalue weighted by Crippen LogP contribution is -2.00. The van der Waals surface area contributed by atoms with E-state index in [1.807, 2.05) is 6.92 Å². The number of ether oxygens (including phenoxy) is 2. The predicted molar refractivity (Wildman–Crippen MR) is 115 cm³/mol. The van der Waals surface area contributed by atoms with Crippen molar-refractivity contribution >= 4 is 34.3 Å². The van der Waals surface area contributed by atoms with Crippen molar-refractivity contribution in [1.29, 1.82) is 0 Å². The molecule has 154 valence electrons. The number of thioether (sulfide) groups is 1. The molecule has 0 saturated heterocycles. The maximum atomic E-state index is 11.9. The average molecular weight is 445 g/mol. The second-order valence-corrected chi connectivity index (χ2v) is 7.79. The number of aryl methyl sites for hydroxylation is 1. The van der Waals surface area contributed by atoms with Crippen LogP contribution >= 0.6 is 23.4 Å². The van der Waals surface area contributed by atoms with E-state index in [1.165, 1.54) is 17.8 Å². The number of hydrogen-bond donors (Lipinski definition) is 0. The van der Waals surface area contributed by atoms with Gasteiger partial charge in [0.1, 0.15) is 17.1 Å². The molecule has 0 saturated carbocycles. The van der Waals surface area contributed by atoms with E-state index >= 15 is 0 Å². The lowest BCUT2D eigenvalue weighted by molar-refractivity contribution is 0.394. The zero-order valence-corrected chi connectivity index (χ0v) is 18.0. The highest BCUT2D eigenvalue weighted by Gasteiger charge is 2.14. The van der Waals surface area contributed by atoms with E-state index in [9.17, 15) is 4.79 Å². The molecule has 0 amide bonds. The lowest BCUT2D eigenvalue weighted by atomic mass is 10.1. The summed E-state index contributed by atoms with van der Waals surface area (Å²) in [4.78, 5) is 11.9. The molecule has 0 unspecified atom stereocenters. The van der Waals surface area contributed by atoms with Gasteiger partial charge >= 0.3 is 5.63 Å². The summed E-state index contributed by atoms with van der Waals surface area (Å²) in [6.45, 7) is 1.86. The lowest BCUT2D eigenvalue weighted by Gasteiger charge is -2.06. The Morgan fingerprint density at radius 3 is 2.43 bits per heavy atom. The topological polar surface area (TPSA) is 87.6 Å². The monoisotopic (exact) mass is 444 g/mol. The van der Waals surface area contributed by atoms with E-state index < -0.39 is 5.63 Å². The van der Waals surface area contributed by atoms with Crippen LogP contribution in [-0.2, 0) is 5.75 Å². The molecule has 0 bridgehead atoms. The van der Waals surface area contributed by atoms with Crippen LogP contribution in [0.2, 0.25) is 5.02 Å². The second-order valence-electron chi connectivity index (χ2n) is 6.45. The molecule has 0 aliphatic carbocycles. The molecule has 0 aliphatic heterocycles. The number of benzene rings is 2. The first-order valence-electron chi connectivity index (χ1n) is 8.89. The molecule has 2 aromatic heterocycles. The number of rotatable bonds is 6. The van der Waals surface area contributed by atoms with E-state index in [0.29, 0.717) is 44.5 Å². The summed E-state index contributed by atoms with van der Waals surface area (Å²) in [5.41, 5.74) is 2.37. The number of nitrogens with zero attached hydrogens (tertiary/aromatic N) is 2. The molecule has 9 heteroatoms. The fourth-order valence-electron chi connectivity index (χ4n) is 2.92. The van der Waals surface area contributed by atoms with Gasteiger partial charge < -0.3 is 18.3 Å². The molecule has 30 heavy (non-hydrogen) atoms. The third-order valence-electron chi connectivity index (χ3n) is 4.47. The molecule has 0 radical (unpaired) electrons. The van der Waals surface area contributed by atoms with E-state index in [0.717, 1.165) is 16.5 Å². The second kappa shape index (κ2) is 8.41. The normalized spacial score (nSPS) is 11.1. The first-order valence-corrected chi connectivity index (χ1v) is 10.3. The summed E-state index contributed by atoms with van der Waals surface area (Å²) in [5.74, 6) is 2.01. The standard InChI is InChI=1S/C21H17ClN2O5S/c1-11-4-18-16(9-17(11)22)13(7-19(25)28-18)10-30-21-24-23-20(29-21)12-5-14(26-2)8-15(6-12)27-3/h4-9H,10H2,1-3H3. The van der Waals surface area contributed by atoms with Crippen LogP contribution in [0.4, 0.5) is 0 Å². The third kappa shape index (κ3) is 4.15. The average Bonchev–Trinajstić information content (AvgIpc) is 3.22. The van der Waals surface area contributed by atoms with Crippen molar-refractivity contribution in [3.8, 4) is 23.0 Å². The molecular formula is C21H17ClN2O5S. The zero-order valence-electron chi connectivity index (χ0n) is 16.4. The molecule has 4 aromatic rings. The Labute approximate surface area is 181 Å². The summed E-state index contributed by atoms with van der Waals surface area (Å²) in [5, 5.41) is 9.94. The Balaban J connectivity index is 1.60. The molecule has 0 aliphatic rings. The van der Waals surface area contributed by atoms with Crippen molar-refractivity contribution in [2.45, 2.75) is 17.9 Å². The van der Waals surface area contributed by atoms with Crippen molar-refractivity contribution in [2.24, 2.45) is 0 Å². The van der Waals surface area contributed by atoms with Gasteiger partial charge in [0.25, 0.3) is 5.22 Å². The highest BCUT2D eigenvalue weighted by molar-refractivity contribution is 7.98. The van der Waals surface area contributed by atoms with E-state index in [1.54, 1.807) is 44.6 Å². The zero-order chi connectivity index (χ0) is 21.3. The van der Waals surface area contributed by atoms with Gasteiger partial charge in [0.05, 0.1) is 14.2 Å². The third-order valence-corrected chi connectivity index (χ3v) is 5.74. The Kier molecular flexibility index (Phi) is 5.69. The van der Waals surface area contributed by atoms with Crippen LogP contribution < -0.4 is 15.1 Å². The fraction of sp³-hybridized carbons (Fsp3) is 0.190. The Morgan fingerprint density at radius 1 is 1.00 bits per heavy atom. The summed E-state index contributed by atoms with van der Waals surface area (Å²) < 4.78 is 21.6. The number of fused-ring (bicyclic) bond motifs is 1. The molecule has 0 spiro atoms. The molecular weight excluding hydrogens is 428 g/mol. The number of aromatic nitrogens is 2. The summed E-state index contributed by atoms with van der Waals surface area (Å²) in [6.07, 6.45) is 0. The molecule has 0 atom stereocenters. The van der Waals surface area contributed by atoms with Gasteiger partial charge in [0, 0.05) is 33.9 Å². The molecule has 4 rings (SSSR count). The van der Waals surface area contributed by atoms with Gasteiger partial charge in [-0.2, -0.15) is 0 Å². The maximum absolute atomic E-state index is 11.9. The molecule has 2 aromatic carbocycles. The van der Waals surface area contributed by atoms with Gasteiger partial charge in [-0.15, -0.1) is 10.2 Å². The van der Waals surface area contributed by atoms with Gasteiger partial charge in [-0.1, -0.05) is 23.4 Å². The summed E-state index contributed by atoms with van der Waals surface area (Å²) >= 11 is 7.57. The van der Waals surface area contributed by atoms with Crippen molar-refractivity contribution in [3.63, 3.8) is 0 Å². The number of halogens is 1. The minimum absolute atomic E-state index is 0.339. The van der Waals surface area contributed by atoms with E-state index in [-0.39, 0.29) is 0 Å². The number of methoxy groups -OCH3 is 2. The van der Waals surface area contributed by atoms with Crippen LogP contribution in [0.25, 0.3) is 22.4 Å². The summed E-state index contributed by atoms with van der Waals surface area (Å²) in [6, 6.07) is 10.3. The minimum atomic E-state index is -0.422. The fourth-order valence-corrected chi connectivity index (χ4v) is 3.84. The van der Waals surface area contributed by atoms with Crippen molar-refractivity contribution < 1.29 is 18.3 Å². The van der Waals surface area contributed by atoms with Gasteiger partial charge in [-0.05, 0) is 42.3 Å². The maximum Gasteiger partial charge on any atom is 0.336 e. The Morgan fingerprint density at radius 2 is 1.73 bits per heavy atom. The first kappa shape index (κ1) is 20.3. The SMILES string of the molecule is COc1cc(OC)cc(-c2nnc(SCc3cc(=O)oc4cc(C)c(Cl)cc34)o2)c1. The Hall–Kier alpha value is -2.97. The van der Waals surface area contributed by atoms with Crippen LogP contribution in [-0.4, -0.2) is 24.4 Å². The van der Waals surface area contributed by atoms with Crippen molar-refractivity contribution in [3.05, 3.63) is 63.0 Å². The first-order chi connectivity index (χ1) is 14.5. The largest absolute Gasteiger partial charge is 0.497 e. The molecule has 0 N–H and O–H groups in total. The van der Waals surface area contributed by atoms with Crippen molar-refractivity contribution in [1.82, 2.24) is 10.2 Å². The van der Waals surface area contributed by atoms with Crippen LogP contribution in [0.5, 0.6) is 11.5 Å². The van der Waals surface area contributed by atoms with Gasteiger partial charge in [-0.25, -0.2) is 4.79 Å². The van der Waals surface area contributed by atoms with Gasteiger partial charge in [-0.3, -0.25) is 0 Å². The number of hydrogen-bond acceptors (Lipinski definition) is 8. The molecule has 2 heterocycles. The van der Waals surface area contributed by atoms with E-state index in [4.69, 9.17) is 29.9 Å². The van der Waals surface area contributed by atoms with Crippen LogP contribution in [0.3, 0.4) is 0 Å². The smallest absolute Gasteiger partial charge is 0.336 e. The molecule has 0 fully saturated rings. The summed E-state index contributed by atoms with van der Waals surface area (Å²) in [7, 11) is 3.14. The van der Waals surface area contributed by atoms with E-state index in [2.05, 4.69) is 10.2 Å². The van der Waals surface area contributed by atoms with Crippen LogP contribution in [0, 0.1) is 6.92 Å². The predicted octanol–water partition coefficient (Wildman–Crippen LogP) is 5.11.